The summed E-state index contributed by atoms with van der Waals surface area (Å²) in [5.74, 6) is -0.308. The summed E-state index contributed by atoms with van der Waals surface area (Å²) in [6.07, 6.45) is 0. The van der Waals surface area contributed by atoms with E-state index < -0.39 is 0 Å². The van der Waals surface area contributed by atoms with Gasteiger partial charge in [-0.2, -0.15) is 0 Å². The molecule has 0 atom stereocenters. The van der Waals surface area contributed by atoms with Gasteiger partial charge in [-0.05, 0) is 36.4 Å². The summed E-state index contributed by atoms with van der Waals surface area (Å²) in [6.45, 7) is 1.78. The second kappa shape index (κ2) is 7.08. The van der Waals surface area contributed by atoms with E-state index in [2.05, 4.69) is 20.9 Å². The minimum absolute atomic E-state index is 0.0229. The Labute approximate surface area is 164 Å². The number of nitrogens with zero attached hydrogens (tertiary/aromatic N) is 2. The maximum absolute atomic E-state index is 12.8. The molecule has 0 aliphatic carbocycles. The van der Waals surface area contributed by atoms with Gasteiger partial charge in [0.05, 0.1) is 5.56 Å². The normalized spacial score (nSPS) is 14.6. The molecule has 2 amide bonds. The average Bonchev–Trinajstić information content (AvgIpc) is 3.10. The van der Waals surface area contributed by atoms with E-state index >= 15 is 0 Å². The number of fused-ring (bicyclic) bond motifs is 1. The molecule has 7 heteroatoms. The molecule has 3 aromatic rings. The fourth-order valence-electron chi connectivity index (χ4n) is 3.33. The molecule has 1 saturated heterocycles. The molecule has 0 radical (unpaired) electrons. The lowest BCUT2D eigenvalue weighted by molar-refractivity contribution is 0.0531. The van der Waals surface area contributed by atoms with Crippen molar-refractivity contribution in [3.63, 3.8) is 0 Å². The minimum atomic E-state index is -0.212. The fraction of sp³-hybridized carbons (Fsp3) is 0.200. The number of aromatic amines is 1. The van der Waals surface area contributed by atoms with Crippen molar-refractivity contribution < 1.29 is 14.7 Å². The van der Waals surface area contributed by atoms with Crippen LogP contribution in [0.5, 0.6) is 5.75 Å². The Bertz CT molecular complexity index is 1020. The number of phenolic OH excluding ortho intramolecular Hbond substituents is 1. The number of carbonyl (C=O) groups excluding carboxylic acids is 2. The van der Waals surface area contributed by atoms with Crippen molar-refractivity contribution in [3.05, 3.63) is 64.3 Å². The van der Waals surface area contributed by atoms with E-state index in [1.165, 1.54) is 6.07 Å². The van der Waals surface area contributed by atoms with Gasteiger partial charge in [0.25, 0.3) is 11.8 Å². The number of benzene rings is 2. The number of H-pyrrole nitrogens is 1. The van der Waals surface area contributed by atoms with E-state index in [0.29, 0.717) is 37.4 Å². The highest BCUT2D eigenvalue weighted by Gasteiger charge is 2.27. The van der Waals surface area contributed by atoms with Crippen LogP contribution in [0.2, 0.25) is 0 Å². The van der Waals surface area contributed by atoms with Gasteiger partial charge in [-0.15, -0.1) is 0 Å². The predicted molar refractivity (Wildman–Crippen MR) is 106 cm³/mol. The van der Waals surface area contributed by atoms with Crippen LogP contribution in [0.15, 0.2) is 53.0 Å². The van der Waals surface area contributed by atoms with Crippen LogP contribution in [0.1, 0.15) is 20.8 Å². The molecule has 1 fully saturated rings. The van der Waals surface area contributed by atoms with Gasteiger partial charge in [-0.1, -0.05) is 28.1 Å². The molecular formula is C20H18BrN3O3. The van der Waals surface area contributed by atoms with Crippen LogP contribution in [-0.4, -0.2) is 57.9 Å². The number of phenols is 1. The molecular weight excluding hydrogens is 410 g/mol. The van der Waals surface area contributed by atoms with E-state index in [1.54, 1.807) is 28.0 Å². The molecule has 4 rings (SSSR count). The number of aromatic nitrogens is 1. The number of nitrogens with one attached hydrogen (secondary N) is 1. The van der Waals surface area contributed by atoms with Crippen molar-refractivity contribution in [2.75, 3.05) is 26.2 Å². The highest BCUT2D eigenvalue weighted by Crippen LogP contribution is 2.22. The first kappa shape index (κ1) is 17.6. The summed E-state index contributed by atoms with van der Waals surface area (Å²) in [6, 6.07) is 14.2. The molecule has 1 aromatic heterocycles. The van der Waals surface area contributed by atoms with E-state index in [9.17, 15) is 14.7 Å². The maximum atomic E-state index is 12.8. The molecule has 2 N–H and O–H groups in total. The molecule has 6 nitrogen and oxygen atoms in total. The number of hydrogen-bond acceptors (Lipinski definition) is 3. The highest BCUT2D eigenvalue weighted by molar-refractivity contribution is 9.10. The fourth-order valence-corrected chi connectivity index (χ4v) is 3.71. The van der Waals surface area contributed by atoms with Crippen LogP contribution in [0.4, 0.5) is 0 Å². The molecule has 2 aromatic carbocycles. The van der Waals surface area contributed by atoms with Crippen LogP contribution < -0.4 is 0 Å². The number of carbonyl (C=O) groups is 2. The lowest BCUT2D eigenvalue weighted by Crippen LogP contribution is -2.50. The third-order valence-corrected chi connectivity index (χ3v) is 5.30. The Morgan fingerprint density at radius 1 is 0.926 bits per heavy atom. The first-order valence-corrected chi connectivity index (χ1v) is 9.47. The van der Waals surface area contributed by atoms with Crippen molar-refractivity contribution in [3.8, 4) is 5.75 Å². The number of hydrogen-bond donors (Lipinski definition) is 2. The quantitative estimate of drug-likeness (QED) is 0.658. The van der Waals surface area contributed by atoms with Gasteiger partial charge in [0.1, 0.15) is 11.4 Å². The van der Waals surface area contributed by atoms with Gasteiger partial charge >= 0.3 is 0 Å². The third kappa shape index (κ3) is 3.42. The second-order valence-corrected chi connectivity index (χ2v) is 7.43. The number of piperazine rings is 1. The molecule has 27 heavy (non-hydrogen) atoms. The number of amides is 2. The van der Waals surface area contributed by atoms with Crippen molar-refractivity contribution in [2.45, 2.75) is 0 Å². The van der Waals surface area contributed by atoms with Crippen LogP contribution in [0, 0.1) is 0 Å². The number of halogens is 1. The van der Waals surface area contributed by atoms with Crippen LogP contribution in [-0.2, 0) is 0 Å². The summed E-state index contributed by atoms with van der Waals surface area (Å²) in [7, 11) is 0. The average molecular weight is 428 g/mol. The first-order chi connectivity index (χ1) is 13.0. The van der Waals surface area contributed by atoms with Crippen LogP contribution in [0.3, 0.4) is 0 Å². The van der Waals surface area contributed by atoms with Gasteiger partial charge < -0.3 is 19.9 Å². The smallest absolute Gasteiger partial charge is 0.270 e. The molecule has 0 bridgehead atoms. The SMILES string of the molecule is O=C(c1cc2cc(Br)ccc2[nH]1)N1CCN(C(=O)c2ccccc2O)CC1. The largest absolute Gasteiger partial charge is 0.507 e. The predicted octanol–water partition coefficient (Wildman–Crippen LogP) is 3.23. The third-order valence-electron chi connectivity index (χ3n) is 4.80. The Balaban J connectivity index is 1.44. The highest BCUT2D eigenvalue weighted by atomic mass is 79.9. The lowest BCUT2D eigenvalue weighted by atomic mass is 10.1. The van der Waals surface area contributed by atoms with Gasteiger partial charge in [-0.3, -0.25) is 9.59 Å². The monoisotopic (exact) mass is 427 g/mol. The Kier molecular flexibility index (Phi) is 4.61. The van der Waals surface area contributed by atoms with Crippen molar-refractivity contribution in [1.29, 1.82) is 0 Å². The number of para-hydroxylation sites is 1. The lowest BCUT2D eigenvalue weighted by Gasteiger charge is -2.34. The van der Waals surface area contributed by atoms with E-state index in [0.717, 1.165) is 15.4 Å². The van der Waals surface area contributed by atoms with Gasteiger partial charge in [0.15, 0.2) is 0 Å². The Morgan fingerprint density at radius 2 is 1.59 bits per heavy atom. The van der Waals surface area contributed by atoms with Gasteiger partial charge in [0.2, 0.25) is 0 Å². The molecule has 1 aliphatic heterocycles. The first-order valence-electron chi connectivity index (χ1n) is 8.68. The summed E-state index contributed by atoms with van der Waals surface area (Å²) in [5, 5.41) is 10.8. The second-order valence-electron chi connectivity index (χ2n) is 6.52. The van der Waals surface area contributed by atoms with E-state index in [4.69, 9.17) is 0 Å². The summed E-state index contributed by atoms with van der Waals surface area (Å²) in [5.41, 5.74) is 1.75. The van der Waals surface area contributed by atoms with E-state index in [-0.39, 0.29) is 17.6 Å². The Morgan fingerprint density at radius 3 is 2.30 bits per heavy atom. The van der Waals surface area contributed by atoms with Gasteiger partial charge in [0, 0.05) is 41.6 Å². The minimum Gasteiger partial charge on any atom is -0.507 e. The summed E-state index contributed by atoms with van der Waals surface area (Å²) < 4.78 is 0.962. The number of aromatic hydroxyl groups is 1. The molecule has 0 unspecified atom stereocenters. The molecule has 138 valence electrons. The van der Waals surface area contributed by atoms with Crippen molar-refractivity contribution >= 4 is 38.6 Å². The maximum Gasteiger partial charge on any atom is 0.270 e. The molecule has 1 aliphatic rings. The summed E-state index contributed by atoms with van der Waals surface area (Å²) >= 11 is 3.44. The van der Waals surface area contributed by atoms with E-state index in [1.807, 2.05) is 24.3 Å². The zero-order valence-electron chi connectivity index (χ0n) is 14.5. The van der Waals surface area contributed by atoms with Crippen LogP contribution in [0.25, 0.3) is 10.9 Å². The Hall–Kier alpha value is -2.80. The van der Waals surface area contributed by atoms with Crippen LogP contribution >= 0.6 is 15.9 Å². The van der Waals surface area contributed by atoms with Crippen molar-refractivity contribution in [1.82, 2.24) is 14.8 Å². The molecule has 0 spiro atoms. The van der Waals surface area contributed by atoms with Gasteiger partial charge in [-0.25, -0.2) is 0 Å². The standard InChI is InChI=1S/C20H18BrN3O3/c21-14-5-6-16-13(11-14)12-17(22-16)20(27)24-9-7-23(8-10-24)19(26)15-3-1-2-4-18(15)25/h1-6,11-12,22,25H,7-10H2. The zero-order valence-corrected chi connectivity index (χ0v) is 16.1. The zero-order chi connectivity index (χ0) is 19.0. The topological polar surface area (TPSA) is 76.6 Å². The summed E-state index contributed by atoms with van der Waals surface area (Å²) in [4.78, 5) is 31.9. The number of rotatable bonds is 2. The molecule has 2 heterocycles. The molecule has 0 saturated carbocycles. The van der Waals surface area contributed by atoms with Crippen molar-refractivity contribution in [2.24, 2.45) is 0 Å².